The lowest BCUT2D eigenvalue weighted by atomic mass is 10.1. The number of hydrogen-bond donors (Lipinski definition) is 1. The molecule has 0 atom stereocenters. The second-order valence-electron chi connectivity index (χ2n) is 4.61. The lowest BCUT2D eigenvalue weighted by Crippen LogP contribution is -1.97. The Morgan fingerprint density at radius 3 is 2.44 bits per heavy atom. The van der Waals surface area contributed by atoms with E-state index in [-0.39, 0.29) is 0 Å². The number of nitrogens with two attached hydrogens (primary N) is 1. The second-order valence-corrected chi connectivity index (χ2v) is 4.61. The number of rotatable bonds is 3. The third-order valence-corrected chi connectivity index (χ3v) is 3.23. The van der Waals surface area contributed by atoms with Crippen molar-refractivity contribution < 1.29 is 4.74 Å². The first-order chi connectivity index (χ1) is 8.61. The summed E-state index contributed by atoms with van der Waals surface area (Å²) in [6.45, 7) is 6.78. The SMILES string of the molecule is Cc1ccc(C)c(Oc2cccc(CN)c2)c1C. The highest BCUT2D eigenvalue weighted by Crippen LogP contribution is 2.30. The fraction of sp³-hybridized carbons (Fsp3) is 0.250. The summed E-state index contributed by atoms with van der Waals surface area (Å²) in [5.74, 6) is 1.79. The monoisotopic (exact) mass is 241 g/mol. The van der Waals surface area contributed by atoms with E-state index in [2.05, 4.69) is 32.9 Å². The standard InChI is InChI=1S/C16H19NO/c1-11-7-8-12(2)16(13(11)3)18-15-6-4-5-14(9-15)10-17/h4-9H,10,17H2,1-3H3. The highest BCUT2D eigenvalue weighted by atomic mass is 16.5. The molecule has 18 heavy (non-hydrogen) atoms. The molecule has 0 saturated heterocycles. The van der Waals surface area contributed by atoms with Crippen LogP contribution in [0.3, 0.4) is 0 Å². The molecule has 2 nitrogen and oxygen atoms in total. The lowest BCUT2D eigenvalue weighted by Gasteiger charge is -2.14. The van der Waals surface area contributed by atoms with E-state index in [0.29, 0.717) is 6.54 Å². The van der Waals surface area contributed by atoms with E-state index in [1.165, 1.54) is 11.1 Å². The largest absolute Gasteiger partial charge is 0.457 e. The van der Waals surface area contributed by atoms with E-state index in [0.717, 1.165) is 22.6 Å². The van der Waals surface area contributed by atoms with Gasteiger partial charge in [-0.25, -0.2) is 0 Å². The normalized spacial score (nSPS) is 10.4. The van der Waals surface area contributed by atoms with Crippen molar-refractivity contribution in [1.82, 2.24) is 0 Å². The lowest BCUT2D eigenvalue weighted by molar-refractivity contribution is 0.474. The first kappa shape index (κ1) is 12.7. The molecule has 0 bridgehead atoms. The van der Waals surface area contributed by atoms with Crippen LogP contribution in [0, 0.1) is 20.8 Å². The van der Waals surface area contributed by atoms with Crippen molar-refractivity contribution in [3.63, 3.8) is 0 Å². The zero-order valence-corrected chi connectivity index (χ0v) is 11.2. The first-order valence-electron chi connectivity index (χ1n) is 6.15. The molecule has 0 aliphatic rings. The van der Waals surface area contributed by atoms with Gasteiger partial charge in [-0.1, -0.05) is 24.3 Å². The molecule has 0 fully saturated rings. The Labute approximate surface area is 108 Å². The van der Waals surface area contributed by atoms with E-state index < -0.39 is 0 Å². The van der Waals surface area contributed by atoms with Crippen molar-refractivity contribution in [2.24, 2.45) is 5.73 Å². The summed E-state index contributed by atoms with van der Waals surface area (Å²) in [4.78, 5) is 0. The molecule has 2 aromatic carbocycles. The van der Waals surface area contributed by atoms with Crippen LogP contribution in [-0.4, -0.2) is 0 Å². The van der Waals surface area contributed by atoms with E-state index in [1.807, 2.05) is 24.3 Å². The number of aryl methyl sites for hydroxylation is 2. The van der Waals surface area contributed by atoms with Crippen LogP contribution < -0.4 is 10.5 Å². The summed E-state index contributed by atoms with van der Waals surface area (Å²) < 4.78 is 6.01. The van der Waals surface area contributed by atoms with Crippen LogP contribution in [-0.2, 0) is 6.54 Å². The molecule has 0 aromatic heterocycles. The van der Waals surface area contributed by atoms with E-state index >= 15 is 0 Å². The van der Waals surface area contributed by atoms with Crippen LogP contribution in [0.25, 0.3) is 0 Å². The predicted octanol–water partition coefficient (Wildman–Crippen LogP) is 3.86. The molecule has 0 aliphatic heterocycles. The Kier molecular flexibility index (Phi) is 3.68. The third kappa shape index (κ3) is 2.54. The van der Waals surface area contributed by atoms with Gasteiger partial charge in [-0.2, -0.15) is 0 Å². The van der Waals surface area contributed by atoms with Gasteiger partial charge in [-0.3, -0.25) is 0 Å². The maximum atomic E-state index is 6.01. The van der Waals surface area contributed by atoms with Crippen LogP contribution in [0.4, 0.5) is 0 Å². The molecular weight excluding hydrogens is 222 g/mol. The van der Waals surface area contributed by atoms with Crippen LogP contribution in [0.15, 0.2) is 36.4 Å². The van der Waals surface area contributed by atoms with Gasteiger partial charge in [-0.05, 0) is 55.2 Å². The van der Waals surface area contributed by atoms with Crippen molar-refractivity contribution in [3.8, 4) is 11.5 Å². The topological polar surface area (TPSA) is 35.2 Å². The zero-order valence-electron chi connectivity index (χ0n) is 11.2. The van der Waals surface area contributed by atoms with Crippen molar-refractivity contribution in [3.05, 3.63) is 58.7 Å². The van der Waals surface area contributed by atoms with Gasteiger partial charge in [-0.15, -0.1) is 0 Å². The van der Waals surface area contributed by atoms with Crippen LogP contribution in [0.5, 0.6) is 11.5 Å². The van der Waals surface area contributed by atoms with Crippen LogP contribution in [0.1, 0.15) is 22.3 Å². The molecule has 0 saturated carbocycles. The zero-order chi connectivity index (χ0) is 13.1. The Morgan fingerprint density at radius 2 is 1.72 bits per heavy atom. The van der Waals surface area contributed by atoms with Gasteiger partial charge < -0.3 is 10.5 Å². The van der Waals surface area contributed by atoms with Crippen molar-refractivity contribution in [2.45, 2.75) is 27.3 Å². The fourth-order valence-corrected chi connectivity index (χ4v) is 1.94. The summed E-state index contributed by atoms with van der Waals surface area (Å²) in [7, 11) is 0. The molecule has 0 unspecified atom stereocenters. The van der Waals surface area contributed by atoms with Gasteiger partial charge in [0.25, 0.3) is 0 Å². The highest BCUT2D eigenvalue weighted by molar-refractivity contribution is 5.47. The Hall–Kier alpha value is -1.80. The number of benzene rings is 2. The van der Waals surface area contributed by atoms with Gasteiger partial charge in [0, 0.05) is 6.54 Å². The molecule has 0 radical (unpaired) electrons. The Balaban J connectivity index is 2.36. The van der Waals surface area contributed by atoms with Crippen LogP contribution in [0.2, 0.25) is 0 Å². The Morgan fingerprint density at radius 1 is 1.00 bits per heavy atom. The van der Waals surface area contributed by atoms with E-state index in [9.17, 15) is 0 Å². The third-order valence-electron chi connectivity index (χ3n) is 3.23. The average Bonchev–Trinajstić information content (AvgIpc) is 2.39. The summed E-state index contributed by atoms with van der Waals surface area (Å²) >= 11 is 0. The number of ether oxygens (including phenoxy) is 1. The van der Waals surface area contributed by atoms with Crippen molar-refractivity contribution >= 4 is 0 Å². The summed E-state index contributed by atoms with van der Waals surface area (Å²) in [5.41, 5.74) is 10.3. The van der Waals surface area contributed by atoms with Gasteiger partial charge in [0.15, 0.2) is 0 Å². The molecule has 2 N–H and O–H groups in total. The van der Waals surface area contributed by atoms with Gasteiger partial charge in [0.05, 0.1) is 0 Å². The Bertz CT molecular complexity index is 561. The minimum atomic E-state index is 0.531. The molecule has 2 rings (SSSR count). The van der Waals surface area contributed by atoms with Crippen molar-refractivity contribution in [1.29, 1.82) is 0 Å². The first-order valence-corrected chi connectivity index (χ1v) is 6.15. The minimum absolute atomic E-state index is 0.531. The highest BCUT2D eigenvalue weighted by Gasteiger charge is 2.07. The maximum Gasteiger partial charge on any atom is 0.133 e. The maximum absolute atomic E-state index is 6.01. The number of hydrogen-bond acceptors (Lipinski definition) is 2. The smallest absolute Gasteiger partial charge is 0.133 e. The second kappa shape index (κ2) is 5.23. The van der Waals surface area contributed by atoms with Crippen LogP contribution >= 0.6 is 0 Å². The molecule has 0 heterocycles. The molecule has 0 amide bonds. The summed E-state index contributed by atoms with van der Waals surface area (Å²) in [5, 5.41) is 0. The van der Waals surface area contributed by atoms with E-state index in [1.54, 1.807) is 0 Å². The predicted molar refractivity (Wildman–Crippen MR) is 75.1 cm³/mol. The molecule has 94 valence electrons. The van der Waals surface area contributed by atoms with E-state index in [4.69, 9.17) is 10.5 Å². The average molecular weight is 241 g/mol. The molecular formula is C16H19NO. The minimum Gasteiger partial charge on any atom is -0.457 e. The van der Waals surface area contributed by atoms with Gasteiger partial charge in [0.1, 0.15) is 11.5 Å². The van der Waals surface area contributed by atoms with Crippen molar-refractivity contribution in [2.75, 3.05) is 0 Å². The summed E-state index contributed by atoms with van der Waals surface area (Å²) in [6, 6.07) is 12.1. The van der Waals surface area contributed by atoms with Gasteiger partial charge >= 0.3 is 0 Å². The fourth-order valence-electron chi connectivity index (χ4n) is 1.94. The molecule has 0 spiro atoms. The molecule has 0 aliphatic carbocycles. The quantitative estimate of drug-likeness (QED) is 0.885. The molecule has 2 aromatic rings. The van der Waals surface area contributed by atoms with Gasteiger partial charge in [0.2, 0.25) is 0 Å². The summed E-state index contributed by atoms with van der Waals surface area (Å²) in [6.07, 6.45) is 0. The molecule has 2 heteroatoms.